The van der Waals surface area contributed by atoms with Crippen LogP contribution in [0.5, 0.6) is 5.75 Å². The number of hydrogen-bond acceptors (Lipinski definition) is 1. The monoisotopic (exact) mass is 344 g/mol. The lowest BCUT2D eigenvalue weighted by Gasteiger charge is -2.41. The first kappa shape index (κ1) is 16.8. The zero-order valence-corrected chi connectivity index (χ0v) is 15.0. The van der Waals surface area contributed by atoms with Crippen molar-refractivity contribution in [1.82, 2.24) is 0 Å². The van der Waals surface area contributed by atoms with Gasteiger partial charge >= 0.3 is 0 Å². The van der Waals surface area contributed by atoms with Gasteiger partial charge in [-0.05, 0) is 78.9 Å². The number of hydrogen-bond donors (Lipinski definition) is 0. The fourth-order valence-electron chi connectivity index (χ4n) is 5.15. The van der Waals surface area contributed by atoms with Crippen molar-refractivity contribution in [2.75, 3.05) is 7.11 Å². The molecule has 0 spiro atoms. The molecule has 0 bridgehead atoms. The standard InChI is InChI=1S/C22H26F2O/c1-13-3-4-15-10-16(6-5-14(15)9-13)17-7-8-18-12-20(25-2)22(24)21(23)19(18)11-17/h7-8,11-16H,3-6,9-10H2,1-2H3/t13?,14-,15?,16-/m1/s1. The maximum Gasteiger partial charge on any atom is 0.201 e. The van der Waals surface area contributed by atoms with E-state index in [2.05, 4.69) is 13.0 Å². The summed E-state index contributed by atoms with van der Waals surface area (Å²) >= 11 is 0. The molecule has 0 saturated heterocycles. The first-order chi connectivity index (χ1) is 12.1. The minimum atomic E-state index is -0.892. The van der Waals surface area contributed by atoms with Gasteiger partial charge in [-0.2, -0.15) is 4.39 Å². The van der Waals surface area contributed by atoms with Crippen molar-refractivity contribution in [2.45, 2.75) is 51.4 Å². The second-order valence-corrected chi connectivity index (χ2v) is 8.14. The average Bonchev–Trinajstić information content (AvgIpc) is 2.64. The summed E-state index contributed by atoms with van der Waals surface area (Å²) in [6, 6.07) is 7.45. The second kappa shape index (κ2) is 6.59. The summed E-state index contributed by atoms with van der Waals surface area (Å²) in [7, 11) is 1.36. The Bertz CT molecular complexity index is 785. The van der Waals surface area contributed by atoms with Crippen molar-refractivity contribution in [3.63, 3.8) is 0 Å². The van der Waals surface area contributed by atoms with Gasteiger partial charge in [-0.15, -0.1) is 0 Å². The summed E-state index contributed by atoms with van der Waals surface area (Å²) in [5.74, 6) is 1.30. The highest BCUT2D eigenvalue weighted by molar-refractivity contribution is 5.85. The molecule has 0 radical (unpaired) electrons. The molecule has 4 atom stereocenters. The van der Waals surface area contributed by atoms with Crippen LogP contribution in [0.15, 0.2) is 24.3 Å². The maximum atomic E-state index is 14.4. The lowest BCUT2D eigenvalue weighted by atomic mass is 9.64. The van der Waals surface area contributed by atoms with Crippen LogP contribution in [-0.4, -0.2) is 7.11 Å². The Balaban J connectivity index is 1.63. The molecule has 2 aromatic carbocycles. The van der Waals surface area contributed by atoms with Gasteiger partial charge in [-0.1, -0.05) is 25.5 Å². The molecule has 3 heteroatoms. The van der Waals surface area contributed by atoms with Crippen LogP contribution in [0, 0.1) is 29.4 Å². The van der Waals surface area contributed by atoms with E-state index in [1.807, 2.05) is 12.1 Å². The van der Waals surface area contributed by atoms with Crippen LogP contribution < -0.4 is 4.74 Å². The van der Waals surface area contributed by atoms with Gasteiger partial charge in [0.15, 0.2) is 11.6 Å². The van der Waals surface area contributed by atoms with E-state index in [-0.39, 0.29) is 5.75 Å². The molecule has 2 saturated carbocycles. The Hall–Kier alpha value is -1.64. The highest BCUT2D eigenvalue weighted by Gasteiger charge is 2.34. The van der Waals surface area contributed by atoms with Gasteiger partial charge in [0.2, 0.25) is 5.82 Å². The quantitative estimate of drug-likeness (QED) is 0.608. The molecule has 0 aromatic heterocycles. The number of ether oxygens (including phenoxy) is 1. The fraction of sp³-hybridized carbons (Fsp3) is 0.545. The summed E-state index contributed by atoms with van der Waals surface area (Å²) in [6.45, 7) is 2.37. The molecule has 25 heavy (non-hydrogen) atoms. The smallest absolute Gasteiger partial charge is 0.201 e. The minimum absolute atomic E-state index is 0.0328. The Labute approximate surface area is 148 Å². The lowest BCUT2D eigenvalue weighted by molar-refractivity contribution is 0.124. The topological polar surface area (TPSA) is 9.23 Å². The molecule has 2 aliphatic carbocycles. The number of methoxy groups -OCH3 is 1. The summed E-state index contributed by atoms with van der Waals surface area (Å²) in [5, 5.41) is 1.06. The number of rotatable bonds is 2. The van der Waals surface area contributed by atoms with Gasteiger partial charge in [-0.25, -0.2) is 4.39 Å². The molecular formula is C22H26F2O. The van der Waals surface area contributed by atoms with Crippen molar-refractivity contribution >= 4 is 10.8 Å². The third-order valence-electron chi connectivity index (χ3n) is 6.58. The van der Waals surface area contributed by atoms with E-state index >= 15 is 0 Å². The molecular weight excluding hydrogens is 318 g/mol. The third kappa shape index (κ3) is 3.02. The van der Waals surface area contributed by atoms with Crippen LogP contribution >= 0.6 is 0 Å². The van der Waals surface area contributed by atoms with Crippen molar-refractivity contribution < 1.29 is 13.5 Å². The van der Waals surface area contributed by atoms with Crippen molar-refractivity contribution in [3.8, 4) is 5.75 Å². The van der Waals surface area contributed by atoms with E-state index in [0.29, 0.717) is 16.7 Å². The van der Waals surface area contributed by atoms with E-state index in [1.54, 1.807) is 6.07 Å². The summed E-state index contributed by atoms with van der Waals surface area (Å²) in [5.41, 5.74) is 1.16. The van der Waals surface area contributed by atoms with Crippen LogP contribution in [0.2, 0.25) is 0 Å². The molecule has 0 aliphatic heterocycles. The zero-order chi connectivity index (χ0) is 17.6. The number of halogens is 2. The van der Waals surface area contributed by atoms with E-state index in [9.17, 15) is 8.78 Å². The summed E-state index contributed by atoms with van der Waals surface area (Å²) < 4.78 is 33.4. The molecule has 0 N–H and O–H groups in total. The molecule has 0 heterocycles. The summed E-state index contributed by atoms with van der Waals surface area (Å²) in [4.78, 5) is 0. The molecule has 1 nitrogen and oxygen atoms in total. The van der Waals surface area contributed by atoms with Gasteiger partial charge < -0.3 is 4.74 Å². The normalized spacial score (nSPS) is 29.4. The molecule has 2 aromatic rings. The van der Waals surface area contributed by atoms with E-state index in [4.69, 9.17) is 4.74 Å². The first-order valence-electron chi connectivity index (χ1n) is 9.52. The van der Waals surface area contributed by atoms with Gasteiger partial charge in [0.25, 0.3) is 0 Å². The number of fused-ring (bicyclic) bond motifs is 2. The largest absolute Gasteiger partial charge is 0.494 e. The highest BCUT2D eigenvalue weighted by Crippen LogP contribution is 2.47. The second-order valence-electron chi connectivity index (χ2n) is 8.14. The molecule has 2 aliphatic rings. The van der Waals surface area contributed by atoms with Gasteiger partial charge in [-0.3, -0.25) is 0 Å². The highest BCUT2D eigenvalue weighted by atomic mass is 19.2. The predicted octanol–water partition coefficient (Wildman–Crippen LogP) is 6.45. The Morgan fingerprint density at radius 3 is 2.48 bits per heavy atom. The molecule has 134 valence electrons. The zero-order valence-electron chi connectivity index (χ0n) is 15.0. The average molecular weight is 344 g/mol. The SMILES string of the molecule is COc1cc2ccc([C@@H]3CC[C@@H]4CC(C)CCC4C3)cc2c(F)c1F. The van der Waals surface area contributed by atoms with Crippen LogP contribution in [0.4, 0.5) is 8.78 Å². The van der Waals surface area contributed by atoms with Gasteiger partial charge in [0.1, 0.15) is 0 Å². The number of benzene rings is 2. The van der Waals surface area contributed by atoms with E-state index in [1.165, 1.54) is 45.6 Å². The van der Waals surface area contributed by atoms with Crippen molar-refractivity contribution in [1.29, 1.82) is 0 Å². The van der Waals surface area contributed by atoms with Crippen LogP contribution in [-0.2, 0) is 0 Å². The molecule has 0 amide bonds. The van der Waals surface area contributed by atoms with E-state index < -0.39 is 11.6 Å². The van der Waals surface area contributed by atoms with Crippen molar-refractivity contribution in [3.05, 3.63) is 41.5 Å². The van der Waals surface area contributed by atoms with E-state index in [0.717, 1.165) is 23.3 Å². The Morgan fingerprint density at radius 2 is 1.68 bits per heavy atom. The summed E-state index contributed by atoms with van der Waals surface area (Å²) in [6.07, 6.45) is 7.68. The molecule has 2 unspecified atom stereocenters. The Morgan fingerprint density at radius 1 is 0.920 bits per heavy atom. The van der Waals surface area contributed by atoms with Gasteiger partial charge in [0.05, 0.1) is 7.11 Å². The molecule has 2 fully saturated rings. The Kier molecular flexibility index (Phi) is 4.43. The molecule has 4 rings (SSSR count). The van der Waals surface area contributed by atoms with Crippen LogP contribution in [0.25, 0.3) is 10.8 Å². The first-order valence-corrected chi connectivity index (χ1v) is 9.52. The van der Waals surface area contributed by atoms with Gasteiger partial charge in [0, 0.05) is 5.39 Å². The minimum Gasteiger partial charge on any atom is -0.494 e. The fourth-order valence-corrected chi connectivity index (χ4v) is 5.15. The van der Waals surface area contributed by atoms with Crippen molar-refractivity contribution in [2.24, 2.45) is 17.8 Å². The predicted molar refractivity (Wildman–Crippen MR) is 97.0 cm³/mol. The third-order valence-corrected chi connectivity index (χ3v) is 6.58. The van der Waals surface area contributed by atoms with Crippen LogP contribution in [0.3, 0.4) is 0 Å². The lowest BCUT2D eigenvalue weighted by Crippen LogP contribution is -2.29. The maximum absolute atomic E-state index is 14.4. The van der Waals surface area contributed by atoms with Crippen LogP contribution in [0.1, 0.15) is 56.9 Å².